The molecule has 0 saturated heterocycles. The molecule has 0 saturated carbocycles. The quantitative estimate of drug-likeness (QED) is 0.503. The molecule has 0 bridgehead atoms. The number of carbonyl (C=O) groups excluding carboxylic acids is 1. The number of hydrogen-bond acceptors (Lipinski definition) is 1. The third kappa shape index (κ3) is 7.31. The number of carbonyl (C=O) groups is 1. The summed E-state index contributed by atoms with van der Waals surface area (Å²) in [5, 5.41) is 0. The third-order valence-corrected chi connectivity index (χ3v) is 0.789. The molecular weight excluding hydrogens is 115 g/mol. The Morgan fingerprint density at radius 2 is 1.57 bits per heavy atom. The van der Waals surface area contributed by atoms with Gasteiger partial charge in [-0.1, -0.05) is 13.8 Å². The molecule has 0 aromatic carbocycles. The van der Waals surface area contributed by atoms with Gasteiger partial charge in [-0.25, -0.2) is 0 Å². The van der Waals surface area contributed by atoms with Gasteiger partial charge in [0, 0.05) is 64.2 Å². The Balaban J connectivity index is 0. The summed E-state index contributed by atoms with van der Waals surface area (Å²) in [4.78, 5) is 10.2. The molecular formula is C5H10KO. The van der Waals surface area contributed by atoms with E-state index in [0.717, 1.165) is 0 Å². The van der Waals surface area contributed by atoms with Crippen LogP contribution >= 0.6 is 0 Å². The molecule has 0 atom stereocenters. The van der Waals surface area contributed by atoms with Crippen LogP contribution in [0.15, 0.2) is 0 Å². The number of hydrogen-bond donors (Lipinski definition) is 0. The van der Waals surface area contributed by atoms with Crippen LogP contribution in [0.1, 0.15) is 26.7 Å². The topological polar surface area (TPSA) is 17.1 Å². The molecule has 1 nitrogen and oxygen atoms in total. The molecule has 37 valence electrons. The predicted molar refractivity (Wildman–Crippen MR) is 31.3 cm³/mol. The summed E-state index contributed by atoms with van der Waals surface area (Å²) >= 11 is 0. The molecule has 0 aromatic rings. The van der Waals surface area contributed by atoms with E-state index in [1.54, 1.807) is 0 Å². The van der Waals surface area contributed by atoms with E-state index >= 15 is 0 Å². The molecule has 0 aliphatic heterocycles. The van der Waals surface area contributed by atoms with Gasteiger partial charge in [0.15, 0.2) is 0 Å². The van der Waals surface area contributed by atoms with Crippen LogP contribution in [0.3, 0.4) is 0 Å². The van der Waals surface area contributed by atoms with Crippen molar-refractivity contribution in [1.82, 2.24) is 0 Å². The average Bonchev–Trinajstić information content (AvgIpc) is 1.65. The van der Waals surface area contributed by atoms with Gasteiger partial charge in [0.2, 0.25) is 0 Å². The molecule has 1 radical (unpaired) electrons. The largest absolute Gasteiger partial charge is 0.300 e. The van der Waals surface area contributed by atoms with Crippen LogP contribution in [0.5, 0.6) is 0 Å². The second-order valence-corrected chi connectivity index (χ2v) is 1.25. The maximum absolute atomic E-state index is 10.2. The Bertz CT molecular complexity index is 46.0. The van der Waals surface area contributed by atoms with Gasteiger partial charge in [-0.15, -0.1) is 0 Å². The van der Waals surface area contributed by atoms with Gasteiger partial charge in [-0.05, 0) is 0 Å². The minimum absolute atomic E-state index is 0. The zero-order valence-electron chi connectivity index (χ0n) is 5.32. The smallest absolute Gasteiger partial charge is 0.132 e. The van der Waals surface area contributed by atoms with Gasteiger partial charge in [0.1, 0.15) is 5.78 Å². The van der Waals surface area contributed by atoms with Crippen molar-refractivity contribution < 1.29 is 4.79 Å². The van der Waals surface area contributed by atoms with E-state index in [-0.39, 0.29) is 51.4 Å². The van der Waals surface area contributed by atoms with Crippen molar-refractivity contribution in [2.75, 3.05) is 0 Å². The van der Waals surface area contributed by atoms with Crippen LogP contribution in [0.25, 0.3) is 0 Å². The van der Waals surface area contributed by atoms with Gasteiger partial charge in [-0.3, -0.25) is 4.79 Å². The Hall–Kier alpha value is 1.31. The third-order valence-electron chi connectivity index (χ3n) is 0.789. The Labute approximate surface area is 87.3 Å². The summed E-state index contributed by atoms with van der Waals surface area (Å²) in [7, 11) is 0. The molecule has 0 heterocycles. The maximum atomic E-state index is 10.2. The van der Waals surface area contributed by atoms with Gasteiger partial charge in [-0.2, -0.15) is 0 Å². The van der Waals surface area contributed by atoms with Crippen LogP contribution in [0, 0.1) is 0 Å². The van der Waals surface area contributed by atoms with Crippen molar-refractivity contribution in [1.29, 1.82) is 0 Å². The van der Waals surface area contributed by atoms with Crippen molar-refractivity contribution >= 4 is 57.2 Å². The fourth-order valence-electron chi connectivity index (χ4n) is 0.250. The summed E-state index contributed by atoms with van der Waals surface area (Å²) < 4.78 is 0. The second kappa shape index (κ2) is 7.31. The molecule has 0 aromatic heterocycles. The molecule has 0 rings (SSSR count). The van der Waals surface area contributed by atoms with E-state index < -0.39 is 0 Å². The van der Waals surface area contributed by atoms with Crippen LogP contribution in [0.2, 0.25) is 0 Å². The fourth-order valence-corrected chi connectivity index (χ4v) is 0.250. The summed E-state index contributed by atoms with van der Waals surface area (Å²) in [6, 6.07) is 0. The molecule has 0 spiro atoms. The van der Waals surface area contributed by atoms with Gasteiger partial charge in [0.25, 0.3) is 0 Å². The second-order valence-electron chi connectivity index (χ2n) is 1.25. The summed E-state index contributed by atoms with van der Waals surface area (Å²) in [5.74, 6) is 0.343. The molecule has 0 amide bonds. The SMILES string of the molecule is CCC(=O)CC.[K]. The molecule has 2 heteroatoms. The molecule has 0 fully saturated rings. The minimum atomic E-state index is 0. The van der Waals surface area contributed by atoms with Crippen molar-refractivity contribution in [3.63, 3.8) is 0 Å². The average molecular weight is 125 g/mol. The van der Waals surface area contributed by atoms with Crippen molar-refractivity contribution in [2.45, 2.75) is 26.7 Å². The number of rotatable bonds is 2. The Kier molecular flexibility index (Phi) is 11.6. The zero-order valence-corrected chi connectivity index (χ0v) is 8.45. The fraction of sp³-hybridized carbons (Fsp3) is 0.800. The Morgan fingerprint density at radius 3 is 1.57 bits per heavy atom. The first-order chi connectivity index (χ1) is 2.81. The monoisotopic (exact) mass is 125 g/mol. The minimum Gasteiger partial charge on any atom is -0.300 e. The molecule has 0 aliphatic rings. The summed E-state index contributed by atoms with van der Waals surface area (Å²) in [6.07, 6.45) is 1.38. The van der Waals surface area contributed by atoms with Crippen LogP contribution in [-0.4, -0.2) is 57.2 Å². The summed E-state index contributed by atoms with van der Waals surface area (Å²) in [5.41, 5.74) is 0. The predicted octanol–water partition coefficient (Wildman–Crippen LogP) is 0.995. The van der Waals surface area contributed by atoms with E-state index in [1.165, 1.54) is 0 Å². The van der Waals surface area contributed by atoms with E-state index in [9.17, 15) is 4.79 Å². The first kappa shape index (κ1) is 11.1. The van der Waals surface area contributed by atoms with Crippen LogP contribution in [-0.2, 0) is 4.79 Å². The molecule has 7 heavy (non-hydrogen) atoms. The van der Waals surface area contributed by atoms with E-state index in [1.807, 2.05) is 13.8 Å². The van der Waals surface area contributed by atoms with E-state index in [4.69, 9.17) is 0 Å². The van der Waals surface area contributed by atoms with E-state index in [0.29, 0.717) is 18.6 Å². The maximum Gasteiger partial charge on any atom is 0.132 e. The molecule has 0 N–H and O–H groups in total. The van der Waals surface area contributed by atoms with Crippen molar-refractivity contribution in [3.8, 4) is 0 Å². The summed E-state index contributed by atoms with van der Waals surface area (Å²) in [6.45, 7) is 3.76. The standard InChI is InChI=1S/C5H10O.K/c1-3-5(6)4-2;/h3-4H2,1-2H3;. The first-order valence-electron chi connectivity index (χ1n) is 2.33. The van der Waals surface area contributed by atoms with Crippen molar-refractivity contribution in [3.05, 3.63) is 0 Å². The number of Topliss-reactive ketones (excluding diaryl/α,β-unsaturated/α-hetero) is 1. The van der Waals surface area contributed by atoms with Crippen LogP contribution < -0.4 is 0 Å². The normalized spacial score (nSPS) is 7.14. The van der Waals surface area contributed by atoms with E-state index in [2.05, 4.69) is 0 Å². The van der Waals surface area contributed by atoms with Crippen molar-refractivity contribution in [2.24, 2.45) is 0 Å². The van der Waals surface area contributed by atoms with Gasteiger partial charge >= 0.3 is 0 Å². The number of ketones is 1. The Morgan fingerprint density at radius 1 is 1.29 bits per heavy atom. The van der Waals surface area contributed by atoms with Gasteiger partial charge < -0.3 is 0 Å². The molecule has 0 unspecified atom stereocenters. The zero-order chi connectivity index (χ0) is 4.99. The van der Waals surface area contributed by atoms with Crippen LogP contribution in [0.4, 0.5) is 0 Å². The molecule has 0 aliphatic carbocycles. The first-order valence-corrected chi connectivity index (χ1v) is 2.33. The van der Waals surface area contributed by atoms with Gasteiger partial charge in [0.05, 0.1) is 0 Å².